The summed E-state index contributed by atoms with van der Waals surface area (Å²) >= 11 is 0.988. The third-order valence-electron chi connectivity index (χ3n) is 3.23. The minimum absolute atomic E-state index is 0.0485. The number of hydrogen-bond acceptors (Lipinski definition) is 4. The number of aromatic carboxylic acids is 1. The van der Waals surface area contributed by atoms with Crippen LogP contribution in [0.3, 0.4) is 0 Å². The van der Waals surface area contributed by atoms with Gasteiger partial charge in [0.15, 0.2) is 0 Å². The molecule has 2 aromatic rings. The monoisotopic (exact) mass is 333 g/mol. The highest BCUT2D eigenvalue weighted by molar-refractivity contribution is 7.17. The van der Waals surface area contributed by atoms with E-state index in [1.54, 1.807) is 19.1 Å². The minimum Gasteiger partial charge on any atom is -0.481 e. The number of anilines is 1. The lowest BCUT2D eigenvalue weighted by molar-refractivity contribution is -0.136. The van der Waals surface area contributed by atoms with E-state index in [9.17, 15) is 19.5 Å². The lowest BCUT2D eigenvalue weighted by Crippen LogP contribution is -2.15. The first kappa shape index (κ1) is 16.7. The zero-order chi connectivity index (χ0) is 17.0. The molecule has 0 fully saturated rings. The van der Waals surface area contributed by atoms with Gasteiger partial charge in [-0.1, -0.05) is 30.3 Å². The number of nitrogens with one attached hydrogen (secondary N) is 1. The summed E-state index contributed by atoms with van der Waals surface area (Å²) in [6.45, 7) is 1.55. The van der Waals surface area contributed by atoms with Crippen LogP contribution in [0, 0.1) is 6.92 Å². The van der Waals surface area contributed by atoms with E-state index < -0.39 is 11.9 Å². The van der Waals surface area contributed by atoms with Crippen LogP contribution in [0.1, 0.15) is 26.4 Å². The molecule has 0 aliphatic heterocycles. The standard InChI is InChI=1S/C16H15NO5S/c1-9-11(8-13(19)20)23-15(14(9)16(21)22)17-12(18)7-10-5-3-2-4-6-10/h2-6H,7-8H2,1H3,(H,17,18)(H,19,20)(H,21,22). The zero-order valence-electron chi connectivity index (χ0n) is 12.3. The molecule has 2 rings (SSSR count). The molecule has 0 aliphatic carbocycles. The van der Waals surface area contributed by atoms with Gasteiger partial charge in [0.05, 0.1) is 18.4 Å². The Bertz CT molecular complexity index is 751. The largest absolute Gasteiger partial charge is 0.481 e. The normalized spacial score (nSPS) is 10.3. The molecule has 0 saturated carbocycles. The molecule has 0 atom stereocenters. The number of amides is 1. The van der Waals surface area contributed by atoms with Crippen LogP contribution in [0.5, 0.6) is 0 Å². The molecule has 3 N–H and O–H groups in total. The van der Waals surface area contributed by atoms with Gasteiger partial charge < -0.3 is 15.5 Å². The highest BCUT2D eigenvalue weighted by atomic mass is 32.1. The molecular weight excluding hydrogens is 318 g/mol. The van der Waals surface area contributed by atoms with E-state index in [2.05, 4.69) is 5.32 Å². The molecule has 0 radical (unpaired) electrons. The van der Waals surface area contributed by atoms with Crippen LogP contribution < -0.4 is 5.32 Å². The van der Waals surface area contributed by atoms with Gasteiger partial charge in [0, 0.05) is 4.88 Å². The topological polar surface area (TPSA) is 104 Å². The summed E-state index contributed by atoms with van der Waals surface area (Å²) in [5.74, 6) is -2.58. The molecule has 0 unspecified atom stereocenters. The lowest BCUT2D eigenvalue weighted by atomic mass is 10.1. The van der Waals surface area contributed by atoms with Gasteiger partial charge in [0.1, 0.15) is 5.00 Å². The summed E-state index contributed by atoms with van der Waals surface area (Å²) in [5.41, 5.74) is 1.13. The SMILES string of the molecule is Cc1c(CC(=O)O)sc(NC(=O)Cc2ccccc2)c1C(=O)O. The van der Waals surface area contributed by atoms with Crippen LogP contribution in [0.4, 0.5) is 5.00 Å². The molecule has 0 aliphatic rings. The first-order valence-corrected chi connectivity index (χ1v) is 7.61. The Morgan fingerprint density at radius 1 is 1.09 bits per heavy atom. The van der Waals surface area contributed by atoms with Gasteiger partial charge >= 0.3 is 11.9 Å². The second kappa shape index (κ2) is 7.06. The van der Waals surface area contributed by atoms with Gasteiger partial charge in [-0.25, -0.2) is 4.79 Å². The summed E-state index contributed by atoms with van der Waals surface area (Å²) in [4.78, 5) is 34.7. The number of benzene rings is 1. The number of rotatable bonds is 6. The van der Waals surface area contributed by atoms with E-state index in [1.165, 1.54) is 0 Å². The van der Waals surface area contributed by atoms with Crippen molar-refractivity contribution in [2.75, 3.05) is 5.32 Å². The van der Waals surface area contributed by atoms with Crippen LogP contribution >= 0.6 is 11.3 Å². The van der Waals surface area contributed by atoms with Gasteiger partial charge in [-0.15, -0.1) is 11.3 Å². The summed E-state index contributed by atoms with van der Waals surface area (Å²) < 4.78 is 0. The predicted octanol–water partition coefficient (Wildman–Crippen LogP) is 2.56. The summed E-state index contributed by atoms with van der Waals surface area (Å²) in [5, 5.41) is 20.9. The van der Waals surface area contributed by atoms with Crippen molar-refractivity contribution in [2.45, 2.75) is 19.8 Å². The van der Waals surface area contributed by atoms with Gasteiger partial charge in [0.2, 0.25) is 5.91 Å². The molecular formula is C16H15NO5S. The number of thiophene rings is 1. The molecule has 1 aromatic heterocycles. The molecule has 23 heavy (non-hydrogen) atoms. The Morgan fingerprint density at radius 3 is 2.30 bits per heavy atom. The number of carbonyl (C=O) groups is 3. The predicted molar refractivity (Wildman–Crippen MR) is 86.1 cm³/mol. The van der Waals surface area contributed by atoms with Crippen LogP contribution in [0.2, 0.25) is 0 Å². The smallest absolute Gasteiger partial charge is 0.338 e. The molecule has 0 saturated heterocycles. The Hall–Kier alpha value is -2.67. The van der Waals surface area contributed by atoms with Crippen molar-refractivity contribution in [3.63, 3.8) is 0 Å². The van der Waals surface area contributed by atoms with Gasteiger partial charge in [-0.2, -0.15) is 0 Å². The Balaban J connectivity index is 2.22. The molecule has 6 nitrogen and oxygen atoms in total. The van der Waals surface area contributed by atoms with Crippen molar-refractivity contribution in [3.05, 3.63) is 51.9 Å². The maximum atomic E-state index is 12.1. The number of aliphatic carboxylic acids is 1. The van der Waals surface area contributed by atoms with Crippen LogP contribution in [-0.2, 0) is 22.4 Å². The van der Waals surface area contributed by atoms with Crippen molar-refractivity contribution < 1.29 is 24.6 Å². The van der Waals surface area contributed by atoms with E-state index in [4.69, 9.17) is 5.11 Å². The molecule has 0 spiro atoms. The number of carboxylic acids is 2. The van der Waals surface area contributed by atoms with E-state index in [-0.39, 0.29) is 29.3 Å². The fourth-order valence-corrected chi connectivity index (χ4v) is 3.37. The molecule has 1 amide bonds. The quantitative estimate of drug-likeness (QED) is 0.754. The van der Waals surface area contributed by atoms with E-state index in [0.29, 0.717) is 10.4 Å². The number of hydrogen-bond donors (Lipinski definition) is 3. The van der Waals surface area contributed by atoms with E-state index >= 15 is 0 Å². The molecule has 120 valence electrons. The highest BCUT2D eigenvalue weighted by Gasteiger charge is 2.23. The summed E-state index contributed by atoms with van der Waals surface area (Å²) in [7, 11) is 0. The van der Waals surface area contributed by atoms with Crippen molar-refractivity contribution in [1.82, 2.24) is 0 Å². The Morgan fingerprint density at radius 2 is 1.74 bits per heavy atom. The second-order valence-electron chi connectivity index (χ2n) is 4.94. The third-order valence-corrected chi connectivity index (χ3v) is 4.44. The maximum Gasteiger partial charge on any atom is 0.338 e. The fourth-order valence-electron chi connectivity index (χ4n) is 2.16. The second-order valence-corrected chi connectivity index (χ2v) is 6.05. The molecule has 1 heterocycles. The molecule has 0 bridgehead atoms. The summed E-state index contributed by atoms with van der Waals surface area (Å²) in [6.07, 6.45) is -0.156. The summed E-state index contributed by atoms with van der Waals surface area (Å²) in [6, 6.07) is 9.06. The highest BCUT2D eigenvalue weighted by Crippen LogP contribution is 2.33. The first-order valence-electron chi connectivity index (χ1n) is 6.79. The average molecular weight is 333 g/mol. The minimum atomic E-state index is -1.19. The van der Waals surface area contributed by atoms with Crippen molar-refractivity contribution in [3.8, 4) is 0 Å². The Labute approximate surface area is 136 Å². The molecule has 7 heteroatoms. The number of carbonyl (C=O) groups excluding carboxylic acids is 1. The van der Waals surface area contributed by atoms with Crippen molar-refractivity contribution >= 4 is 34.2 Å². The van der Waals surface area contributed by atoms with Crippen molar-refractivity contribution in [2.24, 2.45) is 0 Å². The van der Waals surface area contributed by atoms with Crippen molar-refractivity contribution in [1.29, 1.82) is 0 Å². The average Bonchev–Trinajstić information content (AvgIpc) is 2.75. The maximum absolute atomic E-state index is 12.1. The van der Waals surface area contributed by atoms with Gasteiger partial charge in [0.25, 0.3) is 0 Å². The lowest BCUT2D eigenvalue weighted by Gasteiger charge is -2.04. The van der Waals surface area contributed by atoms with Gasteiger partial charge in [-0.05, 0) is 18.1 Å². The molecule has 1 aromatic carbocycles. The van der Waals surface area contributed by atoms with Crippen LogP contribution in [0.25, 0.3) is 0 Å². The van der Waals surface area contributed by atoms with Gasteiger partial charge in [-0.3, -0.25) is 9.59 Å². The zero-order valence-corrected chi connectivity index (χ0v) is 13.1. The third kappa shape index (κ3) is 4.17. The fraction of sp³-hybridized carbons (Fsp3) is 0.188. The first-order chi connectivity index (χ1) is 10.9. The van der Waals surface area contributed by atoms with E-state index in [0.717, 1.165) is 16.9 Å². The van der Waals surface area contributed by atoms with E-state index in [1.807, 2.05) is 18.2 Å². The Kier molecular flexibility index (Phi) is 5.13. The van der Waals surface area contributed by atoms with Crippen LogP contribution in [-0.4, -0.2) is 28.1 Å². The van der Waals surface area contributed by atoms with Crippen LogP contribution in [0.15, 0.2) is 30.3 Å². The number of carboxylic acid groups (broad SMARTS) is 2.